The second-order valence-corrected chi connectivity index (χ2v) is 6.36. The number of rotatable bonds is 9. The molecule has 0 N–H and O–H groups in total. The molecule has 0 unspecified atom stereocenters. The van der Waals surface area contributed by atoms with Gasteiger partial charge in [0.25, 0.3) is 0 Å². The van der Waals surface area contributed by atoms with E-state index >= 15 is 0 Å². The summed E-state index contributed by atoms with van der Waals surface area (Å²) in [6.45, 7) is 5.28. The smallest absolute Gasteiger partial charge is 0.127 e. The van der Waals surface area contributed by atoms with E-state index < -0.39 is 0 Å². The maximum absolute atomic E-state index is 13.5. The Morgan fingerprint density at radius 2 is 1.92 bits per heavy atom. The molecule has 3 aromatic rings. The summed E-state index contributed by atoms with van der Waals surface area (Å²) in [6, 6.07) is 6.79. The zero-order valence-electron chi connectivity index (χ0n) is 15.1. The van der Waals surface area contributed by atoms with Crippen molar-refractivity contribution in [3.05, 3.63) is 78.1 Å². The molecule has 1 aromatic carbocycles. The van der Waals surface area contributed by atoms with Gasteiger partial charge in [0.2, 0.25) is 0 Å². The minimum absolute atomic E-state index is 0.198. The summed E-state index contributed by atoms with van der Waals surface area (Å²) >= 11 is 0. The molecule has 0 aliphatic heterocycles. The van der Waals surface area contributed by atoms with Crippen molar-refractivity contribution in [3.8, 4) is 0 Å². The SMILES string of the molecule is CCc1ncc(CN(CCCn2ccnc2)Cc2cccc(F)c2)cn1. The minimum atomic E-state index is -0.198. The van der Waals surface area contributed by atoms with E-state index in [1.54, 1.807) is 18.3 Å². The molecule has 0 fully saturated rings. The van der Waals surface area contributed by atoms with Gasteiger partial charge < -0.3 is 4.57 Å². The summed E-state index contributed by atoms with van der Waals surface area (Å²) in [5.41, 5.74) is 2.04. The van der Waals surface area contributed by atoms with Crippen LogP contribution in [0.1, 0.15) is 30.3 Å². The zero-order chi connectivity index (χ0) is 18.2. The molecule has 0 saturated carbocycles. The van der Waals surface area contributed by atoms with Gasteiger partial charge in [0, 0.05) is 63.0 Å². The Balaban J connectivity index is 1.64. The van der Waals surface area contributed by atoms with Gasteiger partial charge in [0.05, 0.1) is 6.33 Å². The lowest BCUT2D eigenvalue weighted by atomic mass is 10.2. The number of nitrogens with zero attached hydrogens (tertiary/aromatic N) is 5. The van der Waals surface area contributed by atoms with Crippen LogP contribution in [0.15, 0.2) is 55.4 Å². The van der Waals surface area contributed by atoms with Crippen LogP contribution in [0.5, 0.6) is 0 Å². The molecule has 0 aliphatic carbocycles. The van der Waals surface area contributed by atoms with Gasteiger partial charge in [-0.3, -0.25) is 4.90 Å². The molecule has 5 nitrogen and oxygen atoms in total. The zero-order valence-corrected chi connectivity index (χ0v) is 15.1. The average molecular weight is 353 g/mol. The van der Waals surface area contributed by atoms with Crippen molar-refractivity contribution in [2.45, 2.75) is 39.4 Å². The molecular weight excluding hydrogens is 329 g/mol. The van der Waals surface area contributed by atoms with Crippen LogP contribution < -0.4 is 0 Å². The average Bonchev–Trinajstić information content (AvgIpc) is 3.16. The first-order valence-corrected chi connectivity index (χ1v) is 8.95. The third-order valence-corrected chi connectivity index (χ3v) is 4.23. The molecule has 2 heterocycles. The highest BCUT2D eigenvalue weighted by atomic mass is 19.1. The Morgan fingerprint density at radius 1 is 1.12 bits per heavy atom. The molecule has 0 aliphatic rings. The number of benzene rings is 1. The third kappa shape index (κ3) is 5.46. The fourth-order valence-corrected chi connectivity index (χ4v) is 2.91. The lowest BCUT2D eigenvalue weighted by molar-refractivity contribution is 0.247. The second-order valence-electron chi connectivity index (χ2n) is 6.36. The van der Waals surface area contributed by atoms with Crippen molar-refractivity contribution >= 4 is 0 Å². The first kappa shape index (κ1) is 18.2. The first-order valence-electron chi connectivity index (χ1n) is 8.95. The maximum Gasteiger partial charge on any atom is 0.127 e. The van der Waals surface area contributed by atoms with Gasteiger partial charge in [0.1, 0.15) is 11.6 Å². The van der Waals surface area contributed by atoms with Crippen molar-refractivity contribution < 1.29 is 4.39 Å². The molecular formula is C20H24FN5. The van der Waals surface area contributed by atoms with Crippen molar-refractivity contribution in [3.63, 3.8) is 0 Å². The summed E-state index contributed by atoms with van der Waals surface area (Å²) in [5, 5.41) is 0. The topological polar surface area (TPSA) is 46.8 Å². The summed E-state index contributed by atoms with van der Waals surface area (Å²) in [6.07, 6.45) is 11.2. The maximum atomic E-state index is 13.5. The molecule has 2 aromatic heterocycles. The van der Waals surface area contributed by atoms with Crippen LogP contribution in [0.3, 0.4) is 0 Å². The van der Waals surface area contributed by atoms with Crippen molar-refractivity contribution in [2.75, 3.05) is 6.54 Å². The van der Waals surface area contributed by atoms with Gasteiger partial charge in [-0.05, 0) is 24.1 Å². The normalized spacial score (nSPS) is 11.2. The summed E-state index contributed by atoms with van der Waals surface area (Å²) in [4.78, 5) is 15.1. The van der Waals surface area contributed by atoms with E-state index in [4.69, 9.17) is 0 Å². The van der Waals surface area contributed by atoms with E-state index in [0.717, 1.165) is 49.4 Å². The van der Waals surface area contributed by atoms with Gasteiger partial charge in [-0.25, -0.2) is 19.3 Å². The summed E-state index contributed by atoms with van der Waals surface area (Å²) in [7, 11) is 0. The van der Waals surface area contributed by atoms with Crippen molar-refractivity contribution in [2.24, 2.45) is 0 Å². The Kier molecular flexibility index (Phi) is 6.44. The summed E-state index contributed by atoms with van der Waals surface area (Å²) < 4.78 is 15.6. The Morgan fingerprint density at radius 3 is 2.62 bits per heavy atom. The third-order valence-electron chi connectivity index (χ3n) is 4.23. The quantitative estimate of drug-likeness (QED) is 0.591. The Bertz CT molecular complexity index is 786. The molecule has 3 rings (SSSR count). The monoisotopic (exact) mass is 353 g/mol. The Hall–Kier alpha value is -2.60. The standard InChI is InChI=1S/C20H24FN5/c1-2-20-23-12-18(13-24-20)15-26(9-4-8-25-10-7-22-16-25)14-17-5-3-6-19(21)11-17/h3,5-7,10-13,16H,2,4,8-9,14-15H2,1H3. The van der Waals surface area contributed by atoms with E-state index in [9.17, 15) is 4.39 Å². The van der Waals surface area contributed by atoms with Gasteiger partial charge in [-0.2, -0.15) is 0 Å². The molecule has 0 bridgehead atoms. The molecule has 0 radical (unpaired) electrons. The fourth-order valence-electron chi connectivity index (χ4n) is 2.91. The number of hydrogen-bond acceptors (Lipinski definition) is 4. The van der Waals surface area contributed by atoms with Crippen molar-refractivity contribution in [1.29, 1.82) is 0 Å². The molecule has 0 spiro atoms. The van der Waals surface area contributed by atoms with Crippen LogP contribution >= 0.6 is 0 Å². The van der Waals surface area contributed by atoms with Gasteiger partial charge in [-0.1, -0.05) is 19.1 Å². The highest BCUT2D eigenvalue weighted by Gasteiger charge is 2.09. The highest BCUT2D eigenvalue weighted by molar-refractivity contribution is 5.16. The van der Waals surface area contributed by atoms with Crippen LogP contribution in [-0.4, -0.2) is 31.0 Å². The van der Waals surface area contributed by atoms with Gasteiger partial charge in [0.15, 0.2) is 0 Å². The van der Waals surface area contributed by atoms with Crippen LogP contribution in [0.4, 0.5) is 4.39 Å². The van der Waals surface area contributed by atoms with Gasteiger partial charge in [-0.15, -0.1) is 0 Å². The number of imidazole rings is 1. The molecule has 26 heavy (non-hydrogen) atoms. The van der Waals surface area contributed by atoms with Crippen LogP contribution in [0, 0.1) is 5.82 Å². The lowest BCUT2D eigenvalue weighted by Crippen LogP contribution is -2.25. The molecule has 6 heteroatoms. The molecule has 0 saturated heterocycles. The lowest BCUT2D eigenvalue weighted by Gasteiger charge is -2.22. The minimum Gasteiger partial charge on any atom is -0.337 e. The second kappa shape index (κ2) is 9.20. The predicted molar refractivity (Wildman–Crippen MR) is 98.8 cm³/mol. The van der Waals surface area contributed by atoms with Crippen molar-refractivity contribution in [1.82, 2.24) is 24.4 Å². The van der Waals surface area contributed by atoms with E-state index in [2.05, 4.69) is 24.4 Å². The van der Waals surface area contributed by atoms with Crippen LogP contribution in [0.25, 0.3) is 0 Å². The van der Waals surface area contributed by atoms with E-state index in [0.29, 0.717) is 6.54 Å². The molecule has 0 amide bonds. The fraction of sp³-hybridized carbons (Fsp3) is 0.350. The molecule has 136 valence electrons. The van der Waals surface area contributed by atoms with E-state index in [-0.39, 0.29) is 5.82 Å². The van der Waals surface area contributed by atoms with Gasteiger partial charge >= 0.3 is 0 Å². The largest absolute Gasteiger partial charge is 0.337 e. The van der Waals surface area contributed by atoms with E-state index in [1.165, 1.54) is 6.07 Å². The van der Waals surface area contributed by atoms with Crippen LogP contribution in [-0.2, 0) is 26.1 Å². The number of halogens is 1. The molecule has 0 atom stereocenters. The first-order chi connectivity index (χ1) is 12.7. The van der Waals surface area contributed by atoms with Crippen LogP contribution in [0.2, 0.25) is 0 Å². The number of hydrogen-bond donors (Lipinski definition) is 0. The Labute approximate surface area is 153 Å². The highest BCUT2D eigenvalue weighted by Crippen LogP contribution is 2.12. The summed E-state index contributed by atoms with van der Waals surface area (Å²) in [5.74, 6) is 0.655. The van der Waals surface area contributed by atoms with E-state index in [1.807, 2.05) is 37.9 Å². The predicted octanol–water partition coefficient (Wildman–Crippen LogP) is 3.47. The number of aryl methyl sites for hydroxylation is 2. The number of aromatic nitrogens is 4.